The van der Waals surface area contributed by atoms with Crippen LogP contribution in [0.5, 0.6) is 0 Å². The number of nitrogens with zero attached hydrogens (tertiary/aromatic N) is 2. The predicted octanol–water partition coefficient (Wildman–Crippen LogP) is 2.25. The second kappa shape index (κ2) is 8.13. The zero-order chi connectivity index (χ0) is 15.1. The zero-order valence-electron chi connectivity index (χ0n) is 13.2. The smallest absolute Gasteiger partial charge is 0.223 e. The Balaban J connectivity index is 1.86. The summed E-state index contributed by atoms with van der Waals surface area (Å²) in [6, 6.07) is 4.24. The van der Waals surface area contributed by atoms with Crippen LogP contribution in [0, 0.1) is 5.92 Å². The van der Waals surface area contributed by atoms with E-state index in [4.69, 9.17) is 0 Å². The molecule has 2 heterocycles. The van der Waals surface area contributed by atoms with Crippen LogP contribution in [0.2, 0.25) is 0 Å². The molecule has 1 aliphatic heterocycles. The summed E-state index contributed by atoms with van der Waals surface area (Å²) in [4.78, 5) is 18.7. The molecule has 0 aliphatic carbocycles. The van der Waals surface area contributed by atoms with E-state index in [1.807, 2.05) is 18.3 Å². The second-order valence-corrected chi connectivity index (χ2v) is 6.19. The summed E-state index contributed by atoms with van der Waals surface area (Å²) < 4.78 is 0. The lowest BCUT2D eigenvalue weighted by molar-refractivity contribution is -0.133. The van der Waals surface area contributed by atoms with Crippen molar-refractivity contribution in [2.24, 2.45) is 5.92 Å². The molecule has 0 radical (unpaired) electrons. The number of carbonyl (C=O) groups excluding carboxylic acids is 1. The molecule has 1 fully saturated rings. The molecule has 1 N–H and O–H groups in total. The summed E-state index contributed by atoms with van der Waals surface area (Å²) in [6.45, 7) is 7.30. The van der Waals surface area contributed by atoms with Crippen molar-refractivity contribution in [3.8, 4) is 0 Å². The van der Waals surface area contributed by atoms with Gasteiger partial charge in [0.25, 0.3) is 0 Å². The maximum Gasteiger partial charge on any atom is 0.223 e. The van der Waals surface area contributed by atoms with E-state index in [1.165, 1.54) is 12.8 Å². The fraction of sp³-hybridized carbons (Fsp3) is 0.647. The van der Waals surface area contributed by atoms with Gasteiger partial charge < -0.3 is 10.2 Å². The fourth-order valence-electron chi connectivity index (χ4n) is 2.88. The quantitative estimate of drug-likeness (QED) is 0.873. The Morgan fingerprint density at radius 2 is 2.19 bits per heavy atom. The van der Waals surface area contributed by atoms with E-state index in [2.05, 4.69) is 29.0 Å². The number of amides is 1. The molecule has 21 heavy (non-hydrogen) atoms. The van der Waals surface area contributed by atoms with Gasteiger partial charge in [-0.2, -0.15) is 0 Å². The number of piperidine rings is 1. The van der Waals surface area contributed by atoms with Gasteiger partial charge in [0.2, 0.25) is 5.91 Å². The van der Waals surface area contributed by atoms with Gasteiger partial charge in [-0.15, -0.1) is 0 Å². The Morgan fingerprint density at radius 3 is 2.81 bits per heavy atom. The summed E-state index contributed by atoms with van der Waals surface area (Å²) in [6.07, 6.45) is 7.33. The van der Waals surface area contributed by atoms with E-state index < -0.39 is 0 Å². The van der Waals surface area contributed by atoms with Gasteiger partial charge in [0.1, 0.15) is 0 Å². The van der Waals surface area contributed by atoms with E-state index in [0.717, 1.165) is 31.6 Å². The molecule has 1 amide bonds. The highest BCUT2D eigenvalue weighted by Crippen LogP contribution is 2.16. The maximum atomic E-state index is 12.5. The molecule has 4 nitrogen and oxygen atoms in total. The van der Waals surface area contributed by atoms with Crippen molar-refractivity contribution in [3.05, 3.63) is 30.1 Å². The Morgan fingerprint density at radius 1 is 1.43 bits per heavy atom. The van der Waals surface area contributed by atoms with Crippen LogP contribution in [0.3, 0.4) is 0 Å². The van der Waals surface area contributed by atoms with Gasteiger partial charge in [-0.25, -0.2) is 0 Å². The van der Waals surface area contributed by atoms with Crippen molar-refractivity contribution in [3.63, 3.8) is 0 Å². The number of aryl methyl sites for hydroxylation is 1. The average Bonchev–Trinajstić information content (AvgIpc) is 2.52. The number of hydrogen-bond donors (Lipinski definition) is 1. The minimum Gasteiger partial charge on any atom is -0.340 e. The van der Waals surface area contributed by atoms with Crippen molar-refractivity contribution in [1.82, 2.24) is 15.2 Å². The molecule has 1 aromatic heterocycles. The maximum absolute atomic E-state index is 12.5. The monoisotopic (exact) mass is 289 g/mol. The first-order valence-corrected chi connectivity index (χ1v) is 8.06. The molecule has 1 aliphatic rings. The first kappa shape index (κ1) is 16.0. The third-order valence-electron chi connectivity index (χ3n) is 4.21. The second-order valence-electron chi connectivity index (χ2n) is 6.19. The average molecular weight is 289 g/mol. The molecule has 4 heteroatoms. The lowest BCUT2D eigenvalue weighted by Crippen LogP contribution is -2.43. The molecule has 1 aromatic rings. The molecule has 0 aromatic carbocycles. The van der Waals surface area contributed by atoms with E-state index in [-0.39, 0.29) is 11.9 Å². The minimum atomic E-state index is 0.271. The van der Waals surface area contributed by atoms with Crippen molar-refractivity contribution in [2.75, 3.05) is 19.6 Å². The van der Waals surface area contributed by atoms with E-state index in [0.29, 0.717) is 12.3 Å². The normalized spacial score (nSPS) is 16.1. The minimum absolute atomic E-state index is 0.271. The number of pyridine rings is 1. The highest BCUT2D eigenvalue weighted by atomic mass is 16.2. The molecule has 116 valence electrons. The lowest BCUT2D eigenvalue weighted by atomic mass is 9.96. The Labute approximate surface area is 127 Å². The van der Waals surface area contributed by atoms with Crippen molar-refractivity contribution < 1.29 is 4.79 Å². The standard InChI is InChI=1S/C17H27N3O/c1-14(2)20(13-16-7-10-18-11-8-16)17(21)6-5-15-4-3-9-19-12-15/h3-4,9,12,14,16,18H,5-8,10-11,13H2,1-2H3. The van der Waals surface area contributed by atoms with Crippen molar-refractivity contribution in [2.45, 2.75) is 45.6 Å². The highest BCUT2D eigenvalue weighted by molar-refractivity contribution is 5.76. The molecule has 0 atom stereocenters. The van der Waals surface area contributed by atoms with Crippen LogP contribution in [0.1, 0.15) is 38.7 Å². The summed E-state index contributed by atoms with van der Waals surface area (Å²) in [5, 5.41) is 3.38. The number of aromatic nitrogens is 1. The summed E-state index contributed by atoms with van der Waals surface area (Å²) >= 11 is 0. The Hall–Kier alpha value is -1.42. The molecular weight excluding hydrogens is 262 g/mol. The van der Waals surface area contributed by atoms with Gasteiger partial charge in [0, 0.05) is 31.4 Å². The molecule has 0 spiro atoms. The molecular formula is C17H27N3O. The van der Waals surface area contributed by atoms with E-state index in [1.54, 1.807) is 6.20 Å². The van der Waals surface area contributed by atoms with E-state index >= 15 is 0 Å². The fourth-order valence-corrected chi connectivity index (χ4v) is 2.88. The molecule has 2 rings (SSSR count). The van der Waals surface area contributed by atoms with Gasteiger partial charge >= 0.3 is 0 Å². The third kappa shape index (κ3) is 5.12. The summed E-state index contributed by atoms with van der Waals surface area (Å²) in [5.74, 6) is 0.920. The van der Waals surface area contributed by atoms with Gasteiger partial charge in [-0.05, 0) is 63.7 Å². The highest BCUT2D eigenvalue weighted by Gasteiger charge is 2.22. The predicted molar refractivity (Wildman–Crippen MR) is 85.0 cm³/mol. The van der Waals surface area contributed by atoms with E-state index in [9.17, 15) is 4.79 Å². The molecule has 0 unspecified atom stereocenters. The largest absolute Gasteiger partial charge is 0.340 e. The van der Waals surface area contributed by atoms with Crippen LogP contribution in [0.25, 0.3) is 0 Å². The van der Waals surface area contributed by atoms with Crippen LogP contribution in [0.4, 0.5) is 0 Å². The van der Waals surface area contributed by atoms with Crippen LogP contribution in [-0.4, -0.2) is 41.5 Å². The Bertz CT molecular complexity index is 427. The first-order chi connectivity index (χ1) is 10.2. The van der Waals surface area contributed by atoms with Crippen LogP contribution >= 0.6 is 0 Å². The SMILES string of the molecule is CC(C)N(CC1CCNCC1)C(=O)CCc1cccnc1. The first-order valence-electron chi connectivity index (χ1n) is 8.06. The van der Waals surface area contributed by atoms with Gasteiger partial charge in [-0.3, -0.25) is 9.78 Å². The number of hydrogen-bond acceptors (Lipinski definition) is 3. The lowest BCUT2D eigenvalue weighted by Gasteiger charge is -2.33. The van der Waals surface area contributed by atoms with Gasteiger partial charge in [-0.1, -0.05) is 6.07 Å². The van der Waals surface area contributed by atoms with Crippen molar-refractivity contribution in [1.29, 1.82) is 0 Å². The third-order valence-corrected chi connectivity index (χ3v) is 4.21. The Kier molecular flexibility index (Phi) is 6.18. The molecule has 0 saturated carbocycles. The molecule has 1 saturated heterocycles. The topological polar surface area (TPSA) is 45.2 Å². The van der Waals surface area contributed by atoms with Gasteiger partial charge in [0.05, 0.1) is 0 Å². The van der Waals surface area contributed by atoms with Gasteiger partial charge in [0.15, 0.2) is 0 Å². The molecule has 0 bridgehead atoms. The van der Waals surface area contributed by atoms with Crippen LogP contribution < -0.4 is 5.32 Å². The van der Waals surface area contributed by atoms with Crippen LogP contribution in [-0.2, 0) is 11.2 Å². The van der Waals surface area contributed by atoms with Crippen molar-refractivity contribution >= 4 is 5.91 Å². The summed E-state index contributed by atoms with van der Waals surface area (Å²) in [5.41, 5.74) is 1.14. The number of carbonyl (C=O) groups is 1. The van der Waals surface area contributed by atoms with Crippen LogP contribution in [0.15, 0.2) is 24.5 Å². The number of nitrogens with one attached hydrogen (secondary N) is 1. The summed E-state index contributed by atoms with van der Waals surface area (Å²) in [7, 11) is 0. The zero-order valence-corrected chi connectivity index (χ0v) is 13.2. The number of rotatable bonds is 6.